The zero-order chi connectivity index (χ0) is 16.1. The van der Waals surface area contributed by atoms with Crippen LogP contribution in [0.25, 0.3) is 0 Å². The molecule has 1 saturated heterocycles. The monoisotopic (exact) mass is 356 g/mol. The first-order chi connectivity index (χ1) is 11.2. The third-order valence-electron chi connectivity index (χ3n) is 5.22. The lowest BCUT2D eigenvalue weighted by molar-refractivity contribution is -0.134. The van der Waals surface area contributed by atoms with Crippen LogP contribution in [0, 0.1) is 5.92 Å². The Bertz CT molecular complexity index is 480. The number of aliphatic hydroxyl groups excluding tert-OH is 1. The molecule has 0 aromatic carbocycles. The highest BCUT2D eigenvalue weighted by Gasteiger charge is 2.25. The summed E-state index contributed by atoms with van der Waals surface area (Å²) < 4.78 is 5.24. The van der Waals surface area contributed by atoms with Crippen LogP contribution in [0.5, 0.6) is 0 Å². The molecule has 0 spiro atoms. The van der Waals surface area contributed by atoms with Gasteiger partial charge in [0.25, 0.3) is 0 Å². The highest BCUT2D eigenvalue weighted by Crippen LogP contribution is 2.27. The molecule has 1 aromatic rings. The molecule has 24 heavy (non-hydrogen) atoms. The van der Waals surface area contributed by atoms with E-state index in [9.17, 15) is 9.90 Å². The second-order valence-corrected chi connectivity index (χ2v) is 6.92. The molecule has 1 aliphatic carbocycles. The number of carbonyl (C=O) groups is 1. The summed E-state index contributed by atoms with van der Waals surface area (Å²) in [5.74, 6) is 1.54. The number of piperazine rings is 1. The molecule has 1 aliphatic heterocycles. The Labute approximate surface area is 150 Å². The minimum atomic E-state index is -0.588. The average molecular weight is 357 g/mol. The van der Waals surface area contributed by atoms with Crippen LogP contribution in [0.1, 0.15) is 50.4 Å². The first-order valence-corrected chi connectivity index (χ1v) is 8.94. The molecule has 136 valence electrons. The van der Waals surface area contributed by atoms with Crippen LogP contribution in [-0.4, -0.2) is 53.5 Å². The predicted molar refractivity (Wildman–Crippen MR) is 95.1 cm³/mol. The zero-order valence-electron chi connectivity index (χ0n) is 14.2. The lowest BCUT2D eigenvalue weighted by atomic mass is 9.86. The Morgan fingerprint density at radius 3 is 2.54 bits per heavy atom. The van der Waals surface area contributed by atoms with Gasteiger partial charge in [0.05, 0.1) is 6.26 Å². The summed E-state index contributed by atoms with van der Waals surface area (Å²) in [5, 5.41) is 10.1. The van der Waals surface area contributed by atoms with E-state index in [1.807, 2.05) is 4.90 Å². The summed E-state index contributed by atoms with van der Waals surface area (Å²) in [6, 6.07) is 3.59. The fourth-order valence-electron chi connectivity index (χ4n) is 3.76. The number of β-amino-alcohol motifs (C(OH)–C–C–N with tert-alkyl or cyclic N) is 1. The van der Waals surface area contributed by atoms with Gasteiger partial charge in [-0.3, -0.25) is 9.69 Å². The van der Waals surface area contributed by atoms with E-state index in [4.69, 9.17) is 4.42 Å². The molecule has 1 aromatic heterocycles. The van der Waals surface area contributed by atoms with Crippen LogP contribution >= 0.6 is 12.4 Å². The first-order valence-electron chi connectivity index (χ1n) is 8.94. The Hall–Kier alpha value is -1.04. The van der Waals surface area contributed by atoms with Crippen molar-refractivity contribution < 1.29 is 14.3 Å². The normalized spacial score (nSPS) is 21.3. The summed E-state index contributed by atoms with van der Waals surface area (Å²) in [5.41, 5.74) is 0. The minimum Gasteiger partial charge on any atom is -0.467 e. The van der Waals surface area contributed by atoms with Gasteiger partial charge in [0.15, 0.2) is 0 Å². The molecule has 0 radical (unpaired) electrons. The lowest BCUT2D eigenvalue weighted by Gasteiger charge is -2.36. The van der Waals surface area contributed by atoms with E-state index in [1.165, 1.54) is 32.1 Å². The summed E-state index contributed by atoms with van der Waals surface area (Å²) in [6.07, 6.45) is 8.08. The highest BCUT2D eigenvalue weighted by atomic mass is 35.5. The van der Waals surface area contributed by atoms with Crippen molar-refractivity contribution in [2.75, 3.05) is 32.7 Å². The van der Waals surface area contributed by atoms with Crippen LogP contribution in [0.2, 0.25) is 0 Å². The second kappa shape index (κ2) is 9.44. The number of furan rings is 1. The molecular formula is C18H29ClN2O3. The van der Waals surface area contributed by atoms with Crippen molar-refractivity contribution >= 4 is 18.3 Å². The van der Waals surface area contributed by atoms with Gasteiger partial charge >= 0.3 is 0 Å². The van der Waals surface area contributed by atoms with E-state index in [2.05, 4.69) is 4.90 Å². The summed E-state index contributed by atoms with van der Waals surface area (Å²) in [6.45, 7) is 3.77. The maximum absolute atomic E-state index is 12.4. The Morgan fingerprint density at radius 2 is 1.92 bits per heavy atom. The van der Waals surface area contributed by atoms with Crippen molar-refractivity contribution in [2.24, 2.45) is 5.92 Å². The van der Waals surface area contributed by atoms with Gasteiger partial charge in [-0.2, -0.15) is 0 Å². The van der Waals surface area contributed by atoms with Gasteiger partial charge in [0, 0.05) is 39.1 Å². The standard InChI is InChI=1S/C18H28N2O3.ClH/c21-16(17-7-4-12-23-17)14-19-8-10-20(11-9-19)18(22)13-15-5-2-1-3-6-15;/h4,7,12,15-16,21H,1-3,5-6,8-11,13-14H2;1H. The number of hydrogen-bond donors (Lipinski definition) is 1. The summed E-state index contributed by atoms with van der Waals surface area (Å²) >= 11 is 0. The number of nitrogens with zero attached hydrogens (tertiary/aromatic N) is 2. The maximum atomic E-state index is 12.4. The largest absolute Gasteiger partial charge is 0.467 e. The molecule has 1 N–H and O–H groups in total. The molecule has 2 fully saturated rings. The number of hydrogen-bond acceptors (Lipinski definition) is 4. The molecule has 2 aliphatic rings. The fraction of sp³-hybridized carbons (Fsp3) is 0.722. The molecule has 3 rings (SSSR count). The van der Waals surface area contributed by atoms with Crippen LogP contribution in [-0.2, 0) is 4.79 Å². The van der Waals surface area contributed by atoms with Crippen LogP contribution < -0.4 is 0 Å². The fourth-order valence-corrected chi connectivity index (χ4v) is 3.76. The minimum absolute atomic E-state index is 0. The van der Waals surface area contributed by atoms with E-state index in [0.717, 1.165) is 32.6 Å². The van der Waals surface area contributed by atoms with Crippen LogP contribution in [0.4, 0.5) is 0 Å². The van der Waals surface area contributed by atoms with Gasteiger partial charge in [-0.15, -0.1) is 12.4 Å². The van der Waals surface area contributed by atoms with E-state index >= 15 is 0 Å². The molecule has 6 heteroatoms. The molecule has 1 amide bonds. The third-order valence-corrected chi connectivity index (χ3v) is 5.22. The van der Waals surface area contributed by atoms with Crippen molar-refractivity contribution in [3.05, 3.63) is 24.2 Å². The SMILES string of the molecule is Cl.O=C(CC1CCCCC1)N1CCN(CC(O)c2ccco2)CC1. The van der Waals surface area contributed by atoms with Gasteiger partial charge in [0.1, 0.15) is 11.9 Å². The number of aliphatic hydroxyl groups is 1. The third kappa shape index (κ3) is 5.23. The van der Waals surface area contributed by atoms with E-state index in [0.29, 0.717) is 24.1 Å². The van der Waals surface area contributed by atoms with Gasteiger partial charge in [-0.25, -0.2) is 0 Å². The quantitative estimate of drug-likeness (QED) is 0.881. The number of halogens is 1. The van der Waals surface area contributed by atoms with E-state index in [-0.39, 0.29) is 12.4 Å². The molecule has 0 bridgehead atoms. The predicted octanol–water partition coefficient (Wildman–Crippen LogP) is 2.85. The molecule has 1 saturated carbocycles. The Morgan fingerprint density at radius 1 is 1.21 bits per heavy atom. The molecule has 2 heterocycles. The number of rotatable bonds is 5. The average Bonchev–Trinajstić information content (AvgIpc) is 3.11. The molecular weight excluding hydrogens is 328 g/mol. The van der Waals surface area contributed by atoms with Crippen molar-refractivity contribution in [3.8, 4) is 0 Å². The van der Waals surface area contributed by atoms with Crippen LogP contribution in [0.15, 0.2) is 22.8 Å². The topological polar surface area (TPSA) is 56.9 Å². The zero-order valence-corrected chi connectivity index (χ0v) is 15.0. The van der Waals surface area contributed by atoms with Gasteiger partial charge in [0.2, 0.25) is 5.91 Å². The first kappa shape index (κ1) is 19.3. The van der Waals surface area contributed by atoms with Gasteiger partial charge in [-0.1, -0.05) is 19.3 Å². The van der Waals surface area contributed by atoms with E-state index < -0.39 is 6.10 Å². The van der Waals surface area contributed by atoms with Gasteiger partial charge < -0.3 is 14.4 Å². The second-order valence-electron chi connectivity index (χ2n) is 6.92. The number of carbonyl (C=O) groups excluding carboxylic acids is 1. The number of amides is 1. The van der Waals surface area contributed by atoms with Gasteiger partial charge in [-0.05, 0) is 30.9 Å². The highest BCUT2D eigenvalue weighted by molar-refractivity contribution is 5.85. The maximum Gasteiger partial charge on any atom is 0.222 e. The van der Waals surface area contributed by atoms with E-state index in [1.54, 1.807) is 18.4 Å². The Balaban J connectivity index is 0.00000208. The molecule has 5 nitrogen and oxygen atoms in total. The van der Waals surface area contributed by atoms with Crippen LogP contribution in [0.3, 0.4) is 0 Å². The summed E-state index contributed by atoms with van der Waals surface area (Å²) in [7, 11) is 0. The molecule has 1 atom stereocenters. The lowest BCUT2D eigenvalue weighted by Crippen LogP contribution is -2.49. The van der Waals surface area contributed by atoms with Crippen molar-refractivity contribution in [1.82, 2.24) is 9.80 Å². The van der Waals surface area contributed by atoms with Crippen molar-refractivity contribution in [2.45, 2.75) is 44.6 Å². The van der Waals surface area contributed by atoms with Crippen molar-refractivity contribution in [1.29, 1.82) is 0 Å². The van der Waals surface area contributed by atoms with Crippen molar-refractivity contribution in [3.63, 3.8) is 0 Å². The Kier molecular flexibility index (Phi) is 7.59. The summed E-state index contributed by atoms with van der Waals surface area (Å²) in [4.78, 5) is 16.6. The molecule has 1 unspecified atom stereocenters. The smallest absolute Gasteiger partial charge is 0.222 e.